The van der Waals surface area contributed by atoms with Gasteiger partial charge in [-0.1, -0.05) is 0 Å². The summed E-state index contributed by atoms with van der Waals surface area (Å²) in [5.41, 5.74) is -0.606. The largest absolute Gasteiger partial charge is 0.444 e. The van der Waals surface area contributed by atoms with Crippen molar-refractivity contribution < 1.29 is 23.9 Å². The Kier molecular flexibility index (Phi) is 4.37. The Labute approximate surface area is 124 Å². The molecule has 2 rings (SSSR count). The van der Waals surface area contributed by atoms with Crippen LogP contribution in [0.3, 0.4) is 0 Å². The average molecular weight is 297 g/mol. The zero-order valence-electron chi connectivity index (χ0n) is 13.0. The third-order valence-electron chi connectivity index (χ3n) is 3.74. The molecule has 0 aromatic heterocycles. The maximum atomic E-state index is 12.5. The zero-order chi connectivity index (χ0) is 15.8. The Morgan fingerprint density at radius 2 is 2.00 bits per heavy atom. The average Bonchev–Trinajstić information content (AvgIpc) is 2.32. The molecule has 2 aliphatic rings. The van der Waals surface area contributed by atoms with E-state index < -0.39 is 17.7 Å². The van der Waals surface area contributed by atoms with Crippen LogP contribution in [0.2, 0.25) is 0 Å². The molecule has 0 radical (unpaired) electrons. The van der Waals surface area contributed by atoms with Gasteiger partial charge in [0.25, 0.3) is 0 Å². The first-order valence-electron chi connectivity index (χ1n) is 7.31. The number of ketones is 2. The number of ether oxygens (including phenoxy) is 2. The summed E-state index contributed by atoms with van der Waals surface area (Å²) >= 11 is 0. The van der Waals surface area contributed by atoms with E-state index >= 15 is 0 Å². The van der Waals surface area contributed by atoms with Gasteiger partial charge < -0.3 is 14.3 Å². The molecule has 6 heteroatoms. The topological polar surface area (TPSA) is 72.9 Å². The minimum Gasteiger partial charge on any atom is -0.444 e. The van der Waals surface area contributed by atoms with Crippen molar-refractivity contribution in [3.63, 3.8) is 0 Å². The molecule has 2 bridgehead atoms. The van der Waals surface area contributed by atoms with Crippen LogP contribution >= 0.6 is 0 Å². The second kappa shape index (κ2) is 5.75. The SMILES string of the molecule is CC(=O)CC1CC2COCC(C1=O)N2C(=O)OC(C)(C)C. The molecular formula is C15H23NO5. The molecule has 3 unspecified atom stereocenters. The predicted octanol–water partition coefficient (Wildman–Crippen LogP) is 1.56. The first kappa shape index (κ1) is 15.9. The van der Waals surface area contributed by atoms with Gasteiger partial charge in [0.15, 0.2) is 5.78 Å². The molecular weight excluding hydrogens is 274 g/mol. The van der Waals surface area contributed by atoms with E-state index in [4.69, 9.17) is 9.47 Å². The Hall–Kier alpha value is -1.43. The number of fused-ring (bicyclic) bond motifs is 2. The van der Waals surface area contributed by atoms with Gasteiger partial charge in [-0.05, 0) is 34.1 Å². The number of morpholine rings is 1. The maximum absolute atomic E-state index is 12.5. The summed E-state index contributed by atoms with van der Waals surface area (Å²) in [6.07, 6.45) is 0.234. The van der Waals surface area contributed by atoms with Crippen molar-refractivity contribution in [3.8, 4) is 0 Å². The number of hydrogen-bond donors (Lipinski definition) is 0. The number of carbonyl (C=O) groups is 3. The Balaban J connectivity index is 2.16. The summed E-state index contributed by atoms with van der Waals surface area (Å²) in [5.74, 6) is -0.398. The van der Waals surface area contributed by atoms with E-state index in [1.807, 2.05) is 0 Å². The third kappa shape index (κ3) is 3.61. The van der Waals surface area contributed by atoms with Crippen LogP contribution in [-0.4, -0.2) is 53.5 Å². The molecule has 2 fully saturated rings. The quantitative estimate of drug-likeness (QED) is 0.773. The summed E-state index contributed by atoms with van der Waals surface area (Å²) in [4.78, 5) is 37.6. The molecule has 21 heavy (non-hydrogen) atoms. The van der Waals surface area contributed by atoms with Crippen molar-refractivity contribution in [2.45, 2.75) is 58.2 Å². The molecule has 3 atom stereocenters. The zero-order valence-corrected chi connectivity index (χ0v) is 13.0. The number of nitrogens with zero attached hydrogens (tertiary/aromatic N) is 1. The second-order valence-electron chi connectivity index (χ2n) is 6.84. The van der Waals surface area contributed by atoms with E-state index in [0.717, 1.165) is 0 Å². The highest BCUT2D eigenvalue weighted by molar-refractivity contribution is 5.94. The first-order chi connectivity index (χ1) is 9.69. The molecule has 2 aliphatic heterocycles. The van der Waals surface area contributed by atoms with E-state index in [1.54, 1.807) is 20.8 Å². The summed E-state index contributed by atoms with van der Waals surface area (Å²) in [7, 11) is 0. The van der Waals surface area contributed by atoms with E-state index in [-0.39, 0.29) is 36.6 Å². The molecule has 0 aromatic rings. The number of piperidine rings is 1. The fourth-order valence-electron chi connectivity index (χ4n) is 2.97. The fraction of sp³-hybridized carbons (Fsp3) is 0.800. The number of Topliss-reactive ketones (excluding diaryl/α,β-unsaturated/α-hetero) is 2. The minimum atomic E-state index is -0.628. The van der Waals surface area contributed by atoms with Crippen LogP contribution in [0.1, 0.15) is 40.5 Å². The lowest BCUT2D eigenvalue weighted by molar-refractivity contribution is -0.149. The van der Waals surface area contributed by atoms with Gasteiger partial charge in [0.1, 0.15) is 17.4 Å². The van der Waals surface area contributed by atoms with Gasteiger partial charge in [-0.2, -0.15) is 0 Å². The van der Waals surface area contributed by atoms with Crippen molar-refractivity contribution >= 4 is 17.7 Å². The Morgan fingerprint density at radius 1 is 1.33 bits per heavy atom. The highest BCUT2D eigenvalue weighted by Crippen LogP contribution is 2.32. The molecule has 0 aliphatic carbocycles. The molecule has 2 saturated heterocycles. The standard InChI is InChI=1S/C15H23NO5/c1-9(17)5-10-6-11-7-20-8-12(13(10)18)16(11)14(19)21-15(2,3)4/h10-12H,5-8H2,1-4H3. The maximum Gasteiger partial charge on any atom is 0.411 e. The van der Waals surface area contributed by atoms with Crippen LogP contribution in [0.15, 0.2) is 0 Å². The van der Waals surface area contributed by atoms with E-state index in [0.29, 0.717) is 13.0 Å². The fourth-order valence-corrected chi connectivity index (χ4v) is 2.97. The Bertz CT molecular complexity index is 453. The Morgan fingerprint density at radius 3 is 2.57 bits per heavy atom. The lowest BCUT2D eigenvalue weighted by Crippen LogP contribution is -2.64. The molecule has 1 amide bonds. The van der Waals surface area contributed by atoms with Crippen LogP contribution in [0.25, 0.3) is 0 Å². The van der Waals surface area contributed by atoms with Crippen molar-refractivity contribution in [1.82, 2.24) is 4.90 Å². The highest BCUT2D eigenvalue weighted by atomic mass is 16.6. The highest BCUT2D eigenvalue weighted by Gasteiger charge is 2.48. The van der Waals surface area contributed by atoms with Gasteiger partial charge in [0, 0.05) is 12.3 Å². The summed E-state index contributed by atoms with van der Waals surface area (Å²) in [5, 5.41) is 0. The van der Waals surface area contributed by atoms with Crippen LogP contribution < -0.4 is 0 Å². The third-order valence-corrected chi connectivity index (χ3v) is 3.74. The van der Waals surface area contributed by atoms with Crippen molar-refractivity contribution in [2.75, 3.05) is 13.2 Å². The van der Waals surface area contributed by atoms with Gasteiger partial charge in [-0.25, -0.2) is 4.79 Å². The van der Waals surface area contributed by atoms with Gasteiger partial charge in [-0.15, -0.1) is 0 Å². The summed E-state index contributed by atoms with van der Waals surface area (Å²) in [6, 6.07) is -0.822. The van der Waals surface area contributed by atoms with Crippen LogP contribution in [-0.2, 0) is 19.1 Å². The monoisotopic (exact) mass is 297 g/mol. The summed E-state index contributed by atoms with van der Waals surface area (Å²) in [6.45, 7) is 7.44. The van der Waals surface area contributed by atoms with Crippen molar-refractivity contribution in [3.05, 3.63) is 0 Å². The molecule has 0 saturated carbocycles. The lowest BCUT2D eigenvalue weighted by Gasteiger charge is -2.47. The predicted molar refractivity (Wildman–Crippen MR) is 74.9 cm³/mol. The normalized spacial score (nSPS) is 29.2. The second-order valence-corrected chi connectivity index (χ2v) is 6.84. The van der Waals surface area contributed by atoms with Crippen molar-refractivity contribution in [1.29, 1.82) is 0 Å². The van der Waals surface area contributed by atoms with Crippen LogP contribution in [0, 0.1) is 5.92 Å². The van der Waals surface area contributed by atoms with E-state index in [9.17, 15) is 14.4 Å². The molecule has 118 valence electrons. The molecule has 6 nitrogen and oxygen atoms in total. The number of rotatable bonds is 2. The first-order valence-corrected chi connectivity index (χ1v) is 7.31. The van der Waals surface area contributed by atoms with Gasteiger partial charge in [-0.3, -0.25) is 9.69 Å². The molecule has 0 spiro atoms. The molecule has 2 heterocycles. The number of amides is 1. The van der Waals surface area contributed by atoms with Gasteiger partial charge in [0.2, 0.25) is 0 Å². The van der Waals surface area contributed by atoms with Crippen molar-refractivity contribution in [2.24, 2.45) is 5.92 Å². The summed E-state index contributed by atoms with van der Waals surface area (Å²) < 4.78 is 10.8. The van der Waals surface area contributed by atoms with E-state index in [1.165, 1.54) is 11.8 Å². The van der Waals surface area contributed by atoms with Gasteiger partial charge >= 0.3 is 6.09 Å². The lowest BCUT2D eigenvalue weighted by atomic mass is 9.81. The van der Waals surface area contributed by atoms with Gasteiger partial charge in [0.05, 0.1) is 19.3 Å². The smallest absolute Gasteiger partial charge is 0.411 e. The number of hydrogen-bond acceptors (Lipinski definition) is 5. The number of carbonyl (C=O) groups excluding carboxylic acids is 3. The minimum absolute atomic E-state index is 0.00180. The van der Waals surface area contributed by atoms with Crippen LogP contribution in [0.4, 0.5) is 4.79 Å². The molecule has 0 N–H and O–H groups in total. The van der Waals surface area contributed by atoms with Crippen LogP contribution in [0.5, 0.6) is 0 Å². The molecule has 0 aromatic carbocycles. The van der Waals surface area contributed by atoms with E-state index in [2.05, 4.69) is 0 Å².